The van der Waals surface area contributed by atoms with Gasteiger partial charge in [-0.15, -0.1) is 0 Å². The van der Waals surface area contributed by atoms with E-state index in [4.69, 9.17) is 16.3 Å². The maximum Gasteiger partial charge on any atom is 0.268 e. The first-order chi connectivity index (χ1) is 9.57. The summed E-state index contributed by atoms with van der Waals surface area (Å²) >= 11 is 5.99. The van der Waals surface area contributed by atoms with Crippen LogP contribution in [0.5, 0.6) is 0 Å². The quantitative estimate of drug-likeness (QED) is 0.890. The Morgan fingerprint density at radius 2 is 2.20 bits per heavy atom. The van der Waals surface area contributed by atoms with E-state index < -0.39 is 5.60 Å². The maximum atomic E-state index is 12.3. The molecule has 0 spiro atoms. The van der Waals surface area contributed by atoms with Gasteiger partial charge in [-0.05, 0) is 18.9 Å². The minimum atomic E-state index is -0.852. The molecule has 20 heavy (non-hydrogen) atoms. The number of amides is 1. The molecule has 0 bridgehead atoms. The third-order valence-corrected chi connectivity index (χ3v) is 4.20. The molecule has 1 aliphatic heterocycles. The highest BCUT2D eigenvalue weighted by atomic mass is 35.5. The van der Waals surface area contributed by atoms with Gasteiger partial charge in [0.05, 0.1) is 10.6 Å². The molecule has 6 heteroatoms. The molecule has 1 saturated carbocycles. The molecule has 1 aromatic heterocycles. The molecule has 1 aliphatic carbocycles. The first-order valence-corrected chi connectivity index (χ1v) is 7.41. The second-order valence-corrected chi connectivity index (χ2v) is 6.14. The van der Waals surface area contributed by atoms with Crippen molar-refractivity contribution in [2.24, 2.45) is 0 Å². The molecular weight excluding hydrogens is 280 g/mol. The molecule has 5 nitrogen and oxygen atoms in total. The van der Waals surface area contributed by atoms with E-state index in [9.17, 15) is 9.90 Å². The Labute approximate surface area is 122 Å². The van der Waals surface area contributed by atoms with Crippen molar-refractivity contribution in [3.63, 3.8) is 0 Å². The van der Waals surface area contributed by atoms with Crippen LogP contribution in [0.2, 0.25) is 5.02 Å². The number of aliphatic hydroxyl groups is 1. The second kappa shape index (κ2) is 5.39. The fraction of sp³-hybridized carbons (Fsp3) is 0.643. The number of carbonyl (C=O) groups is 1. The Kier molecular flexibility index (Phi) is 3.75. The number of carbonyl (C=O) groups excluding carboxylic acids is 1. The lowest BCUT2D eigenvalue weighted by molar-refractivity contribution is -0.0605. The molecular formula is C14H19ClN2O3. The zero-order valence-corrected chi connectivity index (χ0v) is 12.0. The third-order valence-electron chi connectivity index (χ3n) is 3.99. The van der Waals surface area contributed by atoms with Gasteiger partial charge in [-0.3, -0.25) is 4.79 Å². The average molecular weight is 299 g/mol. The van der Waals surface area contributed by atoms with Crippen LogP contribution in [0, 0.1) is 0 Å². The molecule has 0 aromatic carbocycles. The average Bonchev–Trinajstić information content (AvgIpc) is 3.20. The summed E-state index contributed by atoms with van der Waals surface area (Å²) in [5, 5.41) is 13.7. The summed E-state index contributed by atoms with van der Waals surface area (Å²) in [6.07, 6.45) is 5.09. The van der Waals surface area contributed by atoms with Gasteiger partial charge >= 0.3 is 0 Å². The summed E-state index contributed by atoms with van der Waals surface area (Å²) in [6, 6.07) is 2.08. The van der Waals surface area contributed by atoms with Crippen LogP contribution < -0.4 is 5.32 Å². The van der Waals surface area contributed by atoms with Crippen molar-refractivity contribution >= 4 is 17.5 Å². The molecule has 2 aliphatic rings. The molecule has 1 saturated heterocycles. The van der Waals surface area contributed by atoms with Crippen molar-refractivity contribution in [1.29, 1.82) is 0 Å². The highest BCUT2D eigenvalue weighted by Crippen LogP contribution is 2.37. The predicted molar refractivity (Wildman–Crippen MR) is 75.0 cm³/mol. The van der Waals surface area contributed by atoms with Crippen LogP contribution in [0.3, 0.4) is 0 Å². The van der Waals surface area contributed by atoms with Gasteiger partial charge in [0.15, 0.2) is 0 Å². The molecule has 1 amide bonds. The summed E-state index contributed by atoms with van der Waals surface area (Å²) in [6.45, 7) is 1.33. The molecule has 2 fully saturated rings. The standard InChI is InChI=1S/C14H19ClN2O3/c15-10-7-12(17(8-10)11-1-2-11)13(18)16-9-14(19)3-5-20-6-4-14/h7-8,11,19H,1-6,9H2,(H,16,18). The summed E-state index contributed by atoms with van der Waals surface area (Å²) in [5.74, 6) is -0.177. The summed E-state index contributed by atoms with van der Waals surface area (Å²) in [7, 11) is 0. The first-order valence-electron chi connectivity index (χ1n) is 7.03. The fourth-order valence-electron chi connectivity index (χ4n) is 2.55. The van der Waals surface area contributed by atoms with E-state index in [1.54, 1.807) is 12.3 Å². The van der Waals surface area contributed by atoms with Crippen molar-refractivity contribution in [3.8, 4) is 0 Å². The number of ether oxygens (including phenoxy) is 1. The van der Waals surface area contributed by atoms with Crippen LogP contribution in [0.4, 0.5) is 0 Å². The molecule has 1 aromatic rings. The largest absolute Gasteiger partial charge is 0.388 e. The number of hydrogen-bond acceptors (Lipinski definition) is 3. The molecule has 3 rings (SSSR count). The van der Waals surface area contributed by atoms with Crippen LogP contribution in [0.1, 0.15) is 42.2 Å². The minimum absolute atomic E-state index is 0.177. The fourth-order valence-corrected chi connectivity index (χ4v) is 2.75. The van der Waals surface area contributed by atoms with E-state index in [-0.39, 0.29) is 12.5 Å². The van der Waals surface area contributed by atoms with Crippen molar-refractivity contribution in [3.05, 3.63) is 23.0 Å². The topological polar surface area (TPSA) is 63.5 Å². The number of halogens is 1. The van der Waals surface area contributed by atoms with Crippen LogP contribution in [0.25, 0.3) is 0 Å². The van der Waals surface area contributed by atoms with Gasteiger partial charge in [-0.25, -0.2) is 0 Å². The maximum absolute atomic E-state index is 12.3. The van der Waals surface area contributed by atoms with Gasteiger partial charge in [0, 0.05) is 44.8 Å². The summed E-state index contributed by atoms with van der Waals surface area (Å²) in [4.78, 5) is 12.3. The molecule has 0 unspecified atom stereocenters. The first kappa shape index (κ1) is 13.9. The van der Waals surface area contributed by atoms with Crippen molar-refractivity contribution in [2.75, 3.05) is 19.8 Å². The minimum Gasteiger partial charge on any atom is -0.388 e. The van der Waals surface area contributed by atoms with E-state index in [1.165, 1.54) is 0 Å². The highest BCUT2D eigenvalue weighted by Gasteiger charge is 2.32. The normalized spacial score (nSPS) is 21.7. The van der Waals surface area contributed by atoms with Gasteiger partial charge in [-0.1, -0.05) is 11.6 Å². The lowest BCUT2D eigenvalue weighted by Crippen LogP contribution is -2.46. The van der Waals surface area contributed by atoms with Gasteiger partial charge in [0.2, 0.25) is 0 Å². The Morgan fingerprint density at radius 3 is 2.85 bits per heavy atom. The zero-order valence-electron chi connectivity index (χ0n) is 11.3. The zero-order chi connectivity index (χ0) is 14.2. The Morgan fingerprint density at radius 1 is 1.50 bits per heavy atom. The van der Waals surface area contributed by atoms with Gasteiger partial charge in [-0.2, -0.15) is 0 Å². The van der Waals surface area contributed by atoms with E-state index >= 15 is 0 Å². The molecule has 0 radical (unpaired) electrons. The number of rotatable bonds is 4. The predicted octanol–water partition coefficient (Wildman–Crippen LogP) is 1.75. The van der Waals surface area contributed by atoms with Gasteiger partial charge < -0.3 is 19.7 Å². The van der Waals surface area contributed by atoms with Crippen LogP contribution in [0.15, 0.2) is 12.3 Å². The Balaban J connectivity index is 1.64. The molecule has 0 atom stereocenters. The second-order valence-electron chi connectivity index (χ2n) is 5.70. The van der Waals surface area contributed by atoms with Gasteiger partial charge in [0.25, 0.3) is 5.91 Å². The van der Waals surface area contributed by atoms with Crippen LogP contribution >= 0.6 is 11.6 Å². The van der Waals surface area contributed by atoms with E-state index in [1.807, 2.05) is 4.57 Å². The van der Waals surface area contributed by atoms with Crippen LogP contribution in [-0.4, -0.2) is 40.9 Å². The highest BCUT2D eigenvalue weighted by molar-refractivity contribution is 6.31. The monoisotopic (exact) mass is 298 g/mol. The lowest BCUT2D eigenvalue weighted by atomic mass is 9.94. The summed E-state index contributed by atoms with van der Waals surface area (Å²) in [5.41, 5.74) is -0.275. The van der Waals surface area contributed by atoms with Gasteiger partial charge in [0.1, 0.15) is 5.69 Å². The Bertz CT molecular complexity index is 505. The number of hydrogen-bond donors (Lipinski definition) is 2. The molecule has 110 valence electrons. The number of nitrogens with zero attached hydrogens (tertiary/aromatic N) is 1. The lowest BCUT2D eigenvalue weighted by Gasteiger charge is -2.32. The van der Waals surface area contributed by atoms with Crippen molar-refractivity contribution in [2.45, 2.75) is 37.3 Å². The molecule has 2 N–H and O–H groups in total. The van der Waals surface area contributed by atoms with E-state index in [2.05, 4.69) is 5.32 Å². The van der Waals surface area contributed by atoms with Crippen LogP contribution in [-0.2, 0) is 4.74 Å². The third kappa shape index (κ3) is 3.00. The Hall–Kier alpha value is -1.04. The molecule has 2 heterocycles. The smallest absolute Gasteiger partial charge is 0.268 e. The van der Waals surface area contributed by atoms with E-state index in [0.717, 1.165) is 12.8 Å². The SMILES string of the molecule is O=C(NCC1(O)CCOCC1)c1cc(Cl)cn1C1CC1. The summed E-state index contributed by atoms with van der Waals surface area (Å²) < 4.78 is 7.16. The van der Waals surface area contributed by atoms with Crippen molar-refractivity contribution in [1.82, 2.24) is 9.88 Å². The van der Waals surface area contributed by atoms with E-state index in [0.29, 0.717) is 42.8 Å². The number of nitrogens with one attached hydrogen (secondary N) is 1. The van der Waals surface area contributed by atoms with Crippen molar-refractivity contribution < 1.29 is 14.6 Å². The number of aromatic nitrogens is 1.